The predicted octanol–water partition coefficient (Wildman–Crippen LogP) is 3.82. The van der Waals surface area contributed by atoms with Crippen molar-refractivity contribution >= 4 is 40.9 Å². The Balaban J connectivity index is 2.05. The van der Waals surface area contributed by atoms with E-state index in [1.165, 1.54) is 17.3 Å². The van der Waals surface area contributed by atoms with Crippen molar-refractivity contribution in [3.63, 3.8) is 0 Å². The molecular weight excluding hydrogens is 298 g/mol. The molecule has 0 saturated carbocycles. The van der Waals surface area contributed by atoms with Crippen LogP contribution in [0.2, 0.25) is 5.15 Å². The third kappa shape index (κ3) is 4.17. The highest BCUT2D eigenvalue weighted by molar-refractivity contribution is 8.06. The van der Waals surface area contributed by atoms with Crippen LogP contribution in [0.4, 0.5) is 5.82 Å². The van der Waals surface area contributed by atoms with Crippen LogP contribution >= 0.6 is 35.1 Å². The van der Waals surface area contributed by atoms with Crippen molar-refractivity contribution in [2.24, 2.45) is 0 Å². The van der Waals surface area contributed by atoms with Gasteiger partial charge in [0.1, 0.15) is 16.8 Å². The minimum atomic E-state index is 0.290. The van der Waals surface area contributed by atoms with Crippen LogP contribution < -0.4 is 5.32 Å². The topological polar surface area (TPSA) is 37.8 Å². The Morgan fingerprint density at radius 2 is 2.16 bits per heavy atom. The maximum absolute atomic E-state index is 6.18. The zero-order valence-electron chi connectivity index (χ0n) is 11.6. The molecule has 19 heavy (non-hydrogen) atoms. The highest BCUT2D eigenvalue weighted by Crippen LogP contribution is 2.26. The quantitative estimate of drug-likeness (QED) is 0.854. The Kier molecular flexibility index (Phi) is 5.66. The van der Waals surface area contributed by atoms with Crippen LogP contribution in [-0.4, -0.2) is 39.0 Å². The van der Waals surface area contributed by atoms with E-state index in [1.54, 1.807) is 0 Å². The van der Waals surface area contributed by atoms with Gasteiger partial charge in [-0.2, -0.15) is 23.5 Å². The average molecular weight is 318 g/mol. The second kappa shape index (κ2) is 7.04. The maximum Gasteiger partial charge on any atom is 0.137 e. The molecule has 2 rings (SSSR count). The lowest BCUT2D eigenvalue weighted by Gasteiger charge is -2.22. The summed E-state index contributed by atoms with van der Waals surface area (Å²) in [6.07, 6.45) is 0. The Hall–Kier alpha value is -0.130. The highest BCUT2D eigenvalue weighted by Gasteiger charge is 2.16. The minimum absolute atomic E-state index is 0.290. The molecule has 106 valence electrons. The molecule has 1 atom stereocenters. The van der Waals surface area contributed by atoms with E-state index in [4.69, 9.17) is 11.6 Å². The third-order valence-electron chi connectivity index (χ3n) is 3.00. The van der Waals surface area contributed by atoms with Crippen molar-refractivity contribution in [1.82, 2.24) is 9.97 Å². The monoisotopic (exact) mass is 317 g/mol. The van der Waals surface area contributed by atoms with Gasteiger partial charge in [0.15, 0.2) is 0 Å². The van der Waals surface area contributed by atoms with Gasteiger partial charge in [0.05, 0.1) is 0 Å². The van der Waals surface area contributed by atoms with Crippen molar-refractivity contribution in [3.8, 4) is 0 Å². The molecular formula is C13H20ClN3S2. The Morgan fingerprint density at radius 3 is 2.79 bits per heavy atom. The number of nitrogens with zero attached hydrogens (tertiary/aromatic N) is 2. The lowest BCUT2D eigenvalue weighted by molar-refractivity contribution is 0.771. The molecule has 2 heterocycles. The molecule has 1 fully saturated rings. The summed E-state index contributed by atoms with van der Waals surface area (Å²) in [7, 11) is 0. The van der Waals surface area contributed by atoms with E-state index in [9.17, 15) is 0 Å². The largest absolute Gasteiger partial charge is 0.369 e. The van der Waals surface area contributed by atoms with Crippen LogP contribution in [0.5, 0.6) is 0 Å². The minimum Gasteiger partial charge on any atom is -0.369 e. The van der Waals surface area contributed by atoms with Gasteiger partial charge in [-0.15, -0.1) is 0 Å². The second-order valence-electron chi connectivity index (χ2n) is 4.95. The fourth-order valence-corrected chi connectivity index (χ4v) is 4.59. The molecule has 0 radical (unpaired) electrons. The lowest BCUT2D eigenvalue weighted by atomic mass is 10.2. The summed E-state index contributed by atoms with van der Waals surface area (Å²) in [4.78, 5) is 8.93. The first kappa shape index (κ1) is 15.3. The van der Waals surface area contributed by atoms with E-state index in [0.29, 0.717) is 16.3 Å². The summed E-state index contributed by atoms with van der Waals surface area (Å²) < 4.78 is 0. The number of thioether (sulfide) groups is 2. The molecule has 0 aromatic carbocycles. The highest BCUT2D eigenvalue weighted by atomic mass is 35.5. The average Bonchev–Trinajstić information content (AvgIpc) is 2.41. The molecule has 1 N–H and O–H groups in total. The number of nitrogens with one attached hydrogen (secondary N) is 1. The summed E-state index contributed by atoms with van der Waals surface area (Å²) in [5.41, 5.74) is 0.944. The van der Waals surface area contributed by atoms with Gasteiger partial charge in [-0.1, -0.05) is 25.4 Å². The zero-order chi connectivity index (χ0) is 13.8. The molecule has 1 aromatic rings. The molecule has 6 heteroatoms. The van der Waals surface area contributed by atoms with E-state index in [1.807, 2.05) is 30.4 Å². The van der Waals surface area contributed by atoms with Crippen molar-refractivity contribution in [2.75, 3.05) is 29.1 Å². The normalized spacial score (nSPS) is 19.7. The molecule has 3 nitrogen and oxygen atoms in total. The van der Waals surface area contributed by atoms with Crippen molar-refractivity contribution in [3.05, 3.63) is 16.5 Å². The van der Waals surface area contributed by atoms with Crippen molar-refractivity contribution < 1.29 is 0 Å². The van der Waals surface area contributed by atoms with Gasteiger partial charge in [0.25, 0.3) is 0 Å². The van der Waals surface area contributed by atoms with Crippen molar-refractivity contribution in [1.29, 1.82) is 0 Å². The van der Waals surface area contributed by atoms with Gasteiger partial charge < -0.3 is 5.32 Å². The molecule has 1 aliphatic heterocycles. The van der Waals surface area contributed by atoms with E-state index in [-0.39, 0.29) is 0 Å². The molecule has 1 unspecified atom stereocenters. The smallest absolute Gasteiger partial charge is 0.137 e. The number of halogens is 1. The first-order chi connectivity index (χ1) is 9.08. The summed E-state index contributed by atoms with van der Waals surface area (Å²) >= 11 is 10.3. The first-order valence-electron chi connectivity index (χ1n) is 6.55. The summed E-state index contributed by atoms with van der Waals surface area (Å²) in [6.45, 7) is 7.08. The van der Waals surface area contributed by atoms with Gasteiger partial charge >= 0.3 is 0 Å². The van der Waals surface area contributed by atoms with Crippen LogP contribution in [0.1, 0.15) is 31.2 Å². The molecule has 0 bridgehead atoms. The van der Waals surface area contributed by atoms with E-state index >= 15 is 0 Å². The molecule has 1 saturated heterocycles. The number of aromatic nitrogens is 2. The van der Waals surface area contributed by atoms with Crippen LogP contribution in [0, 0.1) is 6.92 Å². The van der Waals surface area contributed by atoms with Crippen LogP contribution in [-0.2, 0) is 0 Å². The fraction of sp³-hybridized carbons (Fsp3) is 0.692. The molecule has 1 aliphatic rings. The van der Waals surface area contributed by atoms with Crippen LogP contribution in [0.3, 0.4) is 0 Å². The zero-order valence-corrected chi connectivity index (χ0v) is 14.0. The Bertz CT molecular complexity index is 434. The Labute approximate surface area is 128 Å². The predicted molar refractivity (Wildman–Crippen MR) is 87.9 cm³/mol. The lowest BCUT2D eigenvalue weighted by Crippen LogP contribution is -2.24. The van der Waals surface area contributed by atoms with Gasteiger partial charge in [-0.3, -0.25) is 0 Å². The van der Waals surface area contributed by atoms with Gasteiger partial charge in [-0.25, -0.2) is 9.97 Å². The first-order valence-corrected chi connectivity index (χ1v) is 9.13. The van der Waals surface area contributed by atoms with E-state index in [2.05, 4.69) is 29.1 Å². The number of rotatable bonds is 4. The Morgan fingerprint density at radius 1 is 1.37 bits per heavy atom. The van der Waals surface area contributed by atoms with Crippen LogP contribution in [0.25, 0.3) is 0 Å². The SMILES string of the molecule is Cc1c(Cl)nc(C(C)C)nc1NCC1CSCCS1. The van der Waals surface area contributed by atoms with Gasteiger partial charge in [0.2, 0.25) is 0 Å². The molecule has 0 amide bonds. The molecule has 0 spiro atoms. The summed E-state index contributed by atoms with van der Waals surface area (Å²) in [5, 5.41) is 4.67. The number of hydrogen-bond acceptors (Lipinski definition) is 5. The maximum atomic E-state index is 6.18. The van der Waals surface area contributed by atoms with E-state index in [0.717, 1.165) is 23.8 Å². The molecule has 1 aromatic heterocycles. The summed E-state index contributed by atoms with van der Waals surface area (Å²) in [6, 6.07) is 0. The third-order valence-corrected chi connectivity index (χ3v) is 6.22. The fourth-order valence-electron chi connectivity index (χ4n) is 1.80. The second-order valence-corrected chi connectivity index (χ2v) is 7.87. The van der Waals surface area contributed by atoms with Crippen LogP contribution in [0.15, 0.2) is 0 Å². The van der Waals surface area contributed by atoms with Gasteiger partial charge in [-0.05, 0) is 6.92 Å². The van der Waals surface area contributed by atoms with Crippen molar-refractivity contribution in [2.45, 2.75) is 31.9 Å². The van der Waals surface area contributed by atoms with E-state index < -0.39 is 0 Å². The number of hydrogen-bond donors (Lipinski definition) is 1. The molecule has 0 aliphatic carbocycles. The van der Waals surface area contributed by atoms with Gasteiger partial charge in [0, 0.05) is 40.5 Å². The number of anilines is 1. The standard InChI is InChI=1S/C13H20ClN3S2/c1-8(2)12-16-11(14)9(3)13(17-12)15-6-10-7-18-4-5-19-10/h8,10H,4-7H2,1-3H3,(H,15,16,17). The summed E-state index contributed by atoms with van der Waals surface area (Å²) in [5.74, 6) is 5.73.